The Balaban J connectivity index is 1.90. The summed E-state index contributed by atoms with van der Waals surface area (Å²) >= 11 is 0. The number of carbonyl (C=O) groups excluding carboxylic acids is 2. The van der Waals surface area contributed by atoms with Crippen LogP contribution in [0, 0.1) is 0 Å². The lowest BCUT2D eigenvalue weighted by Gasteiger charge is -2.14. The van der Waals surface area contributed by atoms with Gasteiger partial charge in [0.05, 0.1) is 11.1 Å². The van der Waals surface area contributed by atoms with Gasteiger partial charge in [-0.1, -0.05) is 30.3 Å². The van der Waals surface area contributed by atoms with Crippen molar-refractivity contribution >= 4 is 28.1 Å². The van der Waals surface area contributed by atoms with Gasteiger partial charge in [0.2, 0.25) is 0 Å². The molecular formula is C18H10O4. The Labute approximate surface area is 125 Å². The van der Waals surface area contributed by atoms with Gasteiger partial charge in [0.25, 0.3) is 0 Å². The Morgan fingerprint density at radius 3 is 2.59 bits per heavy atom. The average molecular weight is 290 g/mol. The van der Waals surface area contributed by atoms with Crippen molar-refractivity contribution in [3.8, 4) is 5.75 Å². The van der Waals surface area contributed by atoms with Gasteiger partial charge in [-0.05, 0) is 18.2 Å². The number of allylic oxidation sites excluding steroid dienone is 2. The number of carbonyl (C=O) groups is 2. The number of furan rings is 1. The van der Waals surface area contributed by atoms with E-state index in [1.54, 1.807) is 18.2 Å². The maximum absolute atomic E-state index is 12.6. The van der Waals surface area contributed by atoms with Crippen LogP contribution in [0.5, 0.6) is 5.75 Å². The molecule has 0 unspecified atom stereocenters. The number of hydrogen-bond acceptors (Lipinski definition) is 4. The fourth-order valence-electron chi connectivity index (χ4n) is 2.70. The van der Waals surface area contributed by atoms with Crippen LogP contribution in [0.3, 0.4) is 0 Å². The predicted octanol–water partition coefficient (Wildman–Crippen LogP) is 3.60. The van der Waals surface area contributed by atoms with E-state index in [0.29, 0.717) is 11.3 Å². The third kappa shape index (κ3) is 1.71. The lowest BCUT2D eigenvalue weighted by molar-refractivity contribution is 0.0998. The number of phenols is 1. The van der Waals surface area contributed by atoms with E-state index >= 15 is 0 Å². The van der Waals surface area contributed by atoms with Gasteiger partial charge in [-0.3, -0.25) is 9.59 Å². The van der Waals surface area contributed by atoms with Crippen LogP contribution in [0.2, 0.25) is 0 Å². The lowest BCUT2D eigenvalue weighted by Crippen LogP contribution is -2.16. The van der Waals surface area contributed by atoms with Gasteiger partial charge < -0.3 is 9.52 Å². The van der Waals surface area contributed by atoms with E-state index in [4.69, 9.17) is 4.42 Å². The Kier molecular flexibility index (Phi) is 2.53. The molecule has 0 atom stereocenters. The Morgan fingerprint density at radius 2 is 1.77 bits per heavy atom. The van der Waals surface area contributed by atoms with Gasteiger partial charge in [-0.2, -0.15) is 0 Å². The fraction of sp³-hybridized carbons (Fsp3) is 0. The highest BCUT2D eigenvalue weighted by atomic mass is 16.3. The SMILES string of the molecule is O=C1C(c2cc3ccccc3o2)=CC(=O)c2c(O)cccc21. The second kappa shape index (κ2) is 4.43. The zero-order valence-electron chi connectivity index (χ0n) is 11.4. The minimum atomic E-state index is -0.400. The maximum Gasteiger partial charge on any atom is 0.197 e. The molecule has 0 fully saturated rings. The number of para-hydroxylation sites is 1. The number of Topliss-reactive ketones (excluding diaryl/α,β-unsaturated/α-hetero) is 1. The van der Waals surface area contributed by atoms with Crippen LogP contribution >= 0.6 is 0 Å². The zero-order chi connectivity index (χ0) is 15.3. The molecule has 4 rings (SSSR count). The number of benzene rings is 2. The molecule has 2 aromatic carbocycles. The number of phenolic OH excluding ortho intramolecular Hbond substituents is 1. The Hall–Kier alpha value is -3.14. The molecule has 1 aliphatic carbocycles. The smallest absolute Gasteiger partial charge is 0.197 e. The van der Waals surface area contributed by atoms with Crippen molar-refractivity contribution in [2.45, 2.75) is 0 Å². The van der Waals surface area contributed by atoms with Crippen LogP contribution in [-0.2, 0) is 0 Å². The molecule has 0 radical (unpaired) electrons. The number of ketones is 2. The molecule has 1 heterocycles. The summed E-state index contributed by atoms with van der Waals surface area (Å²) in [7, 11) is 0. The summed E-state index contributed by atoms with van der Waals surface area (Å²) in [5.74, 6) is -0.558. The van der Waals surface area contributed by atoms with E-state index in [1.807, 2.05) is 18.2 Å². The molecule has 4 heteroatoms. The molecular weight excluding hydrogens is 280 g/mol. The van der Waals surface area contributed by atoms with Gasteiger partial charge in [0.15, 0.2) is 11.6 Å². The molecule has 1 aromatic heterocycles. The van der Waals surface area contributed by atoms with Gasteiger partial charge in [-0.25, -0.2) is 0 Å². The molecule has 0 saturated heterocycles. The fourth-order valence-corrected chi connectivity index (χ4v) is 2.70. The highest BCUT2D eigenvalue weighted by Crippen LogP contribution is 2.34. The minimum absolute atomic E-state index is 0.0485. The van der Waals surface area contributed by atoms with Crippen LogP contribution in [0.4, 0.5) is 0 Å². The van der Waals surface area contributed by atoms with Gasteiger partial charge >= 0.3 is 0 Å². The summed E-state index contributed by atoms with van der Waals surface area (Å²) < 4.78 is 5.67. The summed E-state index contributed by atoms with van der Waals surface area (Å²) in [5, 5.41) is 10.7. The first kappa shape index (κ1) is 12.6. The van der Waals surface area contributed by atoms with Gasteiger partial charge in [-0.15, -0.1) is 0 Å². The quantitative estimate of drug-likeness (QED) is 0.743. The van der Waals surface area contributed by atoms with E-state index in [0.717, 1.165) is 5.39 Å². The number of fused-ring (bicyclic) bond motifs is 2. The lowest BCUT2D eigenvalue weighted by atomic mass is 9.88. The standard InChI is InChI=1S/C18H10O4/c19-13-6-3-5-11-17(13)14(20)9-12(18(11)21)16-8-10-4-1-2-7-15(10)22-16/h1-9,19H. The van der Waals surface area contributed by atoms with Gasteiger partial charge in [0, 0.05) is 17.0 Å². The number of aromatic hydroxyl groups is 1. The second-order valence-electron chi connectivity index (χ2n) is 5.10. The molecule has 0 aliphatic heterocycles. The molecule has 1 aliphatic rings. The molecule has 0 bridgehead atoms. The topological polar surface area (TPSA) is 67.5 Å². The molecule has 0 amide bonds. The van der Waals surface area contributed by atoms with Crippen molar-refractivity contribution in [1.82, 2.24) is 0 Å². The third-order valence-electron chi connectivity index (χ3n) is 3.74. The summed E-state index contributed by atoms with van der Waals surface area (Å²) in [5.41, 5.74) is 1.11. The van der Waals surface area contributed by atoms with Crippen LogP contribution in [0.25, 0.3) is 16.5 Å². The molecule has 106 valence electrons. The normalized spacial score (nSPS) is 14.1. The molecule has 22 heavy (non-hydrogen) atoms. The maximum atomic E-state index is 12.6. The molecule has 4 nitrogen and oxygen atoms in total. The van der Waals surface area contributed by atoms with Gasteiger partial charge in [0.1, 0.15) is 17.1 Å². The van der Waals surface area contributed by atoms with Crippen LogP contribution in [-0.4, -0.2) is 16.7 Å². The summed E-state index contributed by atoms with van der Waals surface area (Å²) in [6.45, 7) is 0. The predicted molar refractivity (Wildman–Crippen MR) is 81.0 cm³/mol. The van der Waals surface area contributed by atoms with Crippen LogP contribution in [0.1, 0.15) is 26.5 Å². The summed E-state index contributed by atoms with van der Waals surface area (Å²) in [6, 6.07) is 13.6. The van der Waals surface area contributed by atoms with Crippen LogP contribution in [0.15, 0.2) is 59.0 Å². The Morgan fingerprint density at radius 1 is 0.955 bits per heavy atom. The molecule has 1 N–H and O–H groups in total. The third-order valence-corrected chi connectivity index (χ3v) is 3.74. The van der Waals surface area contributed by atoms with Crippen LogP contribution < -0.4 is 0 Å². The first-order valence-electron chi connectivity index (χ1n) is 6.77. The minimum Gasteiger partial charge on any atom is -0.507 e. The average Bonchev–Trinajstić information content (AvgIpc) is 2.94. The van der Waals surface area contributed by atoms with Crippen molar-refractivity contribution < 1.29 is 19.1 Å². The highest BCUT2D eigenvalue weighted by Gasteiger charge is 2.30. The van der Waals surface area contributed by atoms with E-state index in [1.165, 1.54) is 18.2 Å². The molecule has 3 aromatic rings. The highest BCUT2D eigenvalue weighted by molar-refractivity contribution is 6.38. The van der Waals surface area contributed by atoms with E-state index < -0.39 is 5.78 Å². The van der Waals surface area contributed by atoms with E-state index in [-0.39, 0.29) is 28.2 Å². The Bertz CT molecular complexity index is 943. The largest absolute Gasteiger partial charge is 0.507 e. The first-order chi connectivity index (χ1) is 10.6. The first-order valence-corrected chi connectivity index (χ1v) is 6.77. The van der Waals surface area contributed by atoms with E-state index in [2.05, 4.69) is 0 Å². The number of rotatable bonds is 1. The molecule has 0 saturated carbocycles. The van der Waals surface area contributed by atoms with Crippen molar-refractivity contribution in [3.05, 3.63) is 71.5 Å². The summed E-state index contributed by atoms with van der Waals surface area (Å²) in [6.07, 6.45) is 1.22. The summed E-state index contributed by atoms with van der Waals surface area (Å²) in [4.78, 5) is 24.8. The molecule has 0 spiro atoms. The van der Waals surface area contributed by atoms with E-state index in [9.17, 15) is 14.7 Å². The monoisotopic (exact) mass is 290 g/mol. The van der Waals surface area contributed by atoms with Crippen molar-refractivity contribution in [3.63, 3.8) is 0 Å². The number of hydrogen-bond donors (Lipinski definition) is 1. The second-order valence-corrected chi connectivity index (χ2v) is 5.10. The zero-order valence-corrected chi connectivity index (χ0v) is 11.4. The van der Waals surface area contributed by atoms with Crippen molar-refractivity contribution in [2.24, 2.45) is 0 Å². The van der Waals surface area contributed by atoms with Crippen molar-refractivity contribution in [1.29, 1.82) is 0 Å². The van der Waals surface area contributed by atoms with Crippen molar-refractivity contribution in [2.75, 3.05) is 0 Å².